The molecule has 4 rings (SSSR count). The molecule has 0 saturated heterocycles. The molecule has 0 unspecified atom stereocenters. The molecular formula is C48H66O4. The summed E-state index contributed by atoms with van der Waals surface area (Å²) in [5.41, 5.74) is 6.37. The molecule has 4 nitrogen and oxygen atoms in total. The molecule has 4 heteroatoms. The Kier molecular flexibility index (Phi) is 19.1. The zero-order chi connectivity index (χ0) is 36.6. The van der Waals surface area contributed by atoms with Crippen molar-refractivity contribution >= 4 is 0 Å². The van der Waals surface area contributed by atoms with Crippen molar-refractivity contribution in [1.29, 1.82) is 0 Å². The molecule has 4 aromatic rings. The molecule has 0 spiro atoms. The number of para-hydroxylation sites is 3. The van der Waals surface area contributed by atoms with Gasteiger partial charge in [0.25, 0.3) is 0 Å². The van der Waals surface area contributed by atoms with Gasteiger partial charge in [-0.1, -0.05) is 158 Å². The number of phenolic OH excluding ortho intramolecular Hbond substituents is 1. The van der Waals surface area contributed by atoms with Gasteiger partial charge in [-0.2, -0.15) is 0 Å². The Labute approximate surface area is 315 Å². The minimum Gasteiger partial charge on any atom is -0.508 e. The summed E-state index contributed by atoms with van der Waals surface area (Å²) >= 11 is 0. The van der Waals surface area contributed by atoms with Crippen LogP contribution in [0, 0.1) is 0 Å². The van der Waals surface area contributed by atoms with Crippen molar-refractivity contribution < 1.29 is 19.3 Å². The molecule has 52 heavy (non-hydrogen) atoms. The van der Waals surface area contributed by atoms with Crippen LogP contribution in [0.25, 0.3) is 0 Å². The van der Waals surface area contributed by atoms with Gasteiger partial charge in [-0.05, 0) is 85.0 Å². The molecule has 0 atom stereocenters. The maximum atomic E-state index is 11.3. The molecule has 0 radical (unpaired) electrons. The number of aromatic hydroxyl groups is 1. The third-order valence-corrected chi connectivity index (χ3v) is 10.2. The van der Waals surface area contributed by atoms with Gasteiger partial charge < -0.3 is 19.3 Å². The van der Waals surface area contributed by atoms with E-state index in [-0.39, 0.29) is 12.4 Å². The fourth-order valence-electron chi connectivity index (χ4n) is 6.97. The van der Waals surface area contributed by atoms with Crippen molar-refractivity contribution in [3.63, 3.8) is 0 Å². The largest absolute Gasteiger partial charge is 0.508 e. The fraction of sp³-hybridized carbons (Fsp3) is 0.500. The average Bonchev–Trinajstić information content (AvgIpc) is 3.17. The summed E-state index contributed by atoms with van der Waals surface area (Å²) in [6, 6.07) is 28.9. The number of rotatable bonds is 27. The lowest BCUT2D eigenvalue weighted by Crippen LogP contribution is -2.11. The maximum absolute atomic E-state index is 11.3. The predicted molar refractivity (Wildman–Crippen MR) is 218 cm³/mol. The summed E-state index contributed by atoms with van der Waals surface area (Å²) in [7, 11) is 0. The van der Waals surface area contributed by atoms with Crippen molar-refractivity contribution in [2.45, 2.75) is 156 Å². The summed E-state index contributed by atoms with van der Waals surface area (Å²) in [5.74, 6) is 2.93. The van der Waals surface area contributed by atoms with E-state index in [1.807, 2.05) is 18.2 Å². The molecule has 0 fully saturated rings. The number of ether oxygens (including phenoxy) is 3. The van der Waals surface area contributed by atoms with Gasteiger partial charge in [-0.15, -0.1) is 0 Å². The Morgan fingerprint density at radius 3 is 1.15 bits per heavy atom. The van der Waals surface area contributed by atoms with Crippen LogP contribution in [0.5, 0.6) is 23.0 Å². The van der Waals surface area contributed by atoms with Crippen LogP contribution in [0.1, 0.15) is 150 Å². The van der Waals surface area contributed by atoms with Crippen LogP contribution >= 0.6 is 0 Å². The quantitative estimate of drug-likeness (QED) is 0.0627. The fourth-order valence-corrected chi connectivity index (χ4v) is 6.97. The average molecular weight is 707 g/mol. The molecule has 0 saturated carbocycles. The normalized spacial score (nSPS) is 11.1. The Hall–Kier alpha value is -3.92. The van der Waals surface area contributed by atoms with E-state index in [9.17, 15) is 5.11 Å². The molecule has 0 aliphatic heterocycles. The van der Waals surface area contributed by atoms with Crippen molar-refractivity contribution in [2.75, 3.05) is 0 Å². The molecule has 282 valence electrons. The smallest absolute Gasteiger partial charge is 0.123 e. The molecule has 0 aliphatic rings. The van der Waals surface area contributed by atoms with Gasteiger partial charge in [0.2, 0.25) is 0 Å². The summed E-state index contributed by atoms with van der Waals surface area (Å²) in [6.07, 6.45) is 21.6. The second-order valence-electron chi connectivity index (χ2n) is 14.4. The summed E-state index contributed by atoms with van der Waals surface area (Å²) in [6.45, 7) is 7.71. The second kappa shape index (κ2) is 24.3. The summed E-state index contributed by atoms with van der Waals surface area (Å²) in [5, 5.41) is 11.3. The number of unbranched alkanes of at least 4 members (excludes halogenated alkanes) is 12. The first-order valence-corrected chi connectivity index (χ1v) is 20.6. The highest BCUT2D eigenvalue weighted by atomic mass is 16.5. The third kappa shape index (κ3) is 13.9. The van der Waals surface area contributed by atoms with Gasteiger partial charge >= 0.3 is 0 Å². The Bertz CT molecular complexity index is 1560. The first kappa shape index (κ1) is 40.8. The maximum Gasteiger partial charge on any atom is 0.123 e. The molecule has 0 bridgehead atoms. The Balaban J connectivity index is 1.55. The molecular weight excluding hydrogens is 641 g/mol. The molecule has 1 N–H and O–H groups in total. The number of phenols is 1. The molecule has 0 aromatic heterocycles. The number of hydrogen-bond donors (Lipinski definition) is 1. The van der Waals surface area contributed by atoms with Crippen molar-refractivity contribution in [3.05, 3.63) is 118 Å². The standard InChI is InChI=1S/C48H66O4/c1-4-7-10-13-16-25-39-28-19-22-31-46(39)50-36-42-34-35-45(49)44(38-52-48-33-24-21-30-41(48)27-18-15-12-9-6-3)43(42)37-51-47-32-23-20-29-40(47)26-17-14-11-8-5-2/h19-24,28-35,49H,4-18,25-27,36-38H2,1-3H3. The topological polar surface area (TPSA) is 47.9 Å². The molecule has 4 aromatic carbocycles. The van der Waals surface area contributed by atoms with E-state index in [4.69, 9.17) is 14.2 Å². The van der Waals surface area contributed by atoms with E-state index in [0.717, 1.165) is 66.0 Å². The minimum absolute atomic E-state index is 0.219. The van der Waals surface area contributed by atoms with E-state index in [1.54, 1.807) is 6.07 Å². The van der Waals surface area contributed by atoms with Crippen LogP contribution in [0.15, 0.2) is 84.9 Å². The van der Waals surface area contributed by atoms with Gasteiger partial charge in [-0.3, -0.25) is 0 Å². The Morgan fingerprint density at radius 2 is 0.731 bits per heavy atom. The van der Waals surface area contributed by atoms with Crippen LogP contribution in [0.4, 0.5) is 0 Å². The van der Waals surface area contributed by atoms with E-state index < -0.39 is 0 Å². The third-order valence-electron chi connectivity index (χ3n) is 10.2. The van der Waals surface area contributed by atoms with Crippen molar-refractivity contribution in [2.24, 2.45) is 0 Å². The monoisotopic (exact) mass is 706 g/mol. The lowest BCUT2D eigenvalue weighted by Gasteiger charge is -2.20. The van der Waals surface area contributed by atoms with E-state index in [0.29, 0.717) is 13.2 Å². The highest BCUT2D eigenvalue weighted by Gasteiger charge is 2.18. The van der Waals surface area contributed by atoms with Gasteiger partial charge in [0.15, 0.2) is 0 Å². The summed E-state index contributed by atoms with van der Waals surface area (Å²) < 4.78 is 19.7. The van der Waals surface area contributed by atoms with Crippen LogP contribution in [0.3, 0.4) is 0 Å². The summed E-state index contributed by atoms with van der Waals surface area (Å²) in [4.78, 5) is 0. The minimum atomic E-state index is 0.219. The highest BCUT2D eigenvalue weighted by Crippen LogP contribution is 2.32. The van der Waals surface area contributed by atoms with Gasteiger partial charge in [-0.25, -0.2) is 0 Å². The van der Waals surface area contributed by atoms with E-state index in [2.05, 4.69) is 81.4 Å². The predicted octanol–water partition coefficient (Wildman–Crippen LogP) is 13.7. The van der Waals surface area contributed by atoms with E-state index >= 15 is 0 Å². The lowest BCUT2D eigenvalue weighted by atomic mass is 10.0. The number of hydrogen-bond acceptors (Lipinski definition) is 4. The zero-order valence-electron chi connectivity index (χ0n) is 32.6. The van der Waals surface area contributed by atoms with Crippen LogP contribution in [-0.2, 0) is 39.1 Å². The van der Waals surface area contributed by atoms with Gasteiger partial charge in [0.1, 0.15) is 42.8 Å². The van der Waals surface area contributed by atoms with Gasteiger partial charge in [0, 0.05) is 11.1 Å². The van der Waals surface area contributed by atoms with Crippen LogP contribution in [0.2, 0.25) is 0 Å². The van der Waals surface area contributed by atoms with Crippen LogP contribution in [-0.4, -0.2) is 5.11 Å². The van der Waals surface area contributed by atoms with E-state index in [1.165, 1.54) is 100 Å². The second-order valence-corrected chi connectivity index (χ2v) is 14.4. The molecule has 0 amide bonds. The van der Waals surface area contributed by atoms with Gasteiger partial charge in [0.05, 0.1) is 0 Å². The van der Waals surface area contributed by atoms with Crippen LogP contribution < -0.4 is 14.2 Å². The lowest BCUT2D eigenvalue weighted by molar-refractivity contribution is 0.266. The number of aryl methyl sites for hydroxylation is 3. The molecule has 0 aliphatic carbocycles. The Morgan fingerprint density at radius 1 is 0.365 bits per heavy atom. The van der Waals surface area contributed by atoms with Crippen molar-refractivity contribution in [3.8, 4) is 23.0 Å². The van der Waals surface area contributed by atoms with Crippen molar-refractivity contribution in [1.82, 2.24) is 0 Å². The molecule has 0 heterocycles. The zero-order valence-corrected chi connectivity index (χ0v) is 32.6. The SMILES string of the molecule is CCCCCCCc1ccccc1OCc1ccc(O)c(COc2ccccc2CCCCCCC)c1COc1ccccc1CCCCCCC. The first-order chi connectivity index (χ1) is 25.6. The number of benzene rings is 4. The first-order valence-electron chi connectivity index (χ1n) is 20.6. The highest BCUT2D eigenvalue weighted by molar-refractivity contribution is 5.46.